The highest BCUT2D eigenvalue weighted by Gasteiger charge is 2.24. The monoisotopic (exact) mass is 310 g/mol. The Morgan fingerprint density at radius 1 is 1.52 bits per heavy atom. The Morgan fingerprint density at radius 3 is 2.76 bits per heavy atom. The molecule has 110 valence electrons. The van der Waals surface area contributed by atoms with Crippen molar-refractivity contribution < 1.29 is 19.2 Å². The second-order valence-corrected chi connectivity index (χ2v) is 5.27. The summed E-state index contributed by atoms with van der Waals surface area (Å²) in [6.07, 6.45) is 0. The number of hydrogen-bond acceptors (Lipinski definition) is 5. The molecular formula is C13H11FN2O4S. The molecule has 1 atom stereocenters. The van der Waals surface area contributed by atoms with Crippen LogP contribution < -0.4 is 5.32 Å². The quantitative estimate of drug-likeness (QED) is 0.649. The number of benzene rings is 1. The highest BCUT2D eigenvalue weighted by atomic mass is 32.1. The van der Waals surface area contributed by atoms with E-state index in [9.17, 15) is 19.3 Å². The molecule has 2 aromatic rings. The van der Waals surface area contributed by atoms with E-state index < -0.39 is 28.0 Å². The Hall–Kier alpha value is -2.48. The predicted octanol–water partition coefficient (Wildman–Crippen LogP) is 3.67. The molecule has 0 aliphatic rings. The molecule has 1 unspecified atom stereocenters. The summed E-state index contributed by atoms with van der Waals surface area (Å²) in [5.41, 5.74) is -1.41. The average molecular weight is 310 g/mol. The lowest BCUT2D eigenvalue weighted by Crippen LogP contribution is -2.10. The SMILES string of the molecule is CC(Nc1cc(C(=O)O)c([N+](=O)[O-])cc1F)c1cccs1. The molecular weight excluding hydrogens is 299 g/mol. The third kappa shape index (κ3) is 3.16. The summed E-state index contributed by atoms with van der Waals surface area (Å²) in [6.45, 7) is 1.78. The van der Waals surface area contributed by atoms with Crippen LogP contribution in [0.5, 0.6) is 0 Å². The van der Waals surface area contributed by atoms with Crippen molar-refractivity contribution in [2.45, 2.75) is 13.0 Å². The molecule has 2 N–H and O–H groups in total. The van der Waals surface area contributed by atoms with E-state index in [1.54, 1.807) is 6.92 Å². The molecule has 0 fully saturated rings. The molecule has 0 aliphatic carbocycles. The number of carboxylic acid groups (broad SMARTS) is 1. The minimum atomic E-state index is -1.48. The summed E-state index contributed by atoms with van der Waals surface area (Å²) in [5, 5.41) is 24.4. The second kappa shape index (κ2) is 5.88. The molecule has 0 aliphatic heterocycles. The number of nitrogens with one attached hydrogen (secondary N) is 1. The molecule has 21 heavy (non-hydrogen) atoms. The van der Waals surface area contributed by atoms with Crippen LogP contribution in [0.2, 0.25) is 0 Å². The van der Waals surface area contributed by atoms with Crippen LogP contribution in [-0.4, -0.2) is 16.0 Å². The van der Waals surface area contributed by atoms with Gasteiger partial charge in [0, 0.05) is 4.88 Å². The lowest BCUT2D eigenvalue weighted by molar-refractivity contribution is -0.385. The molecule has 0 amide bonds. The smallest absolute Gasteiger partial charge is 0.342 e. The fourth-order valence-corrected chi connectivity index (χ4v) is 2.57. The minimum Gasteiger partial charge on any atom is -0.477 e. The Morgan fingerprint density at radius 2 is 2.24 bits per heavy atom. The third-order valence-electron chi connectivity index (χ3n) is 2.85. The van der Waals surface area contributed by atoms with E-state index in [1.807, 2.05) is 17.5 Å². The first-order valence-corrected chi connectivity index (χ1v) is 6.79. The molecule has 0 radical (unpaired) electrons. The Balaban J connectivity index is 2.38. The highest BCUT2D eigenvalue weighted by molar-refractivity contribution is 7.10. The van der Waals surface area contributed by atoms with Crippen LogP contribution in [0, 0.1) is 15.9 Å². The average Bonchev–Trinajstić information content (AvgIpc) is 2.94. The molecule has 1 aromatic heterocycles. The van der Waals surface area contributed by atoms with Crippen LogP contribution in [0.3, 0.4) is 0 Å². The van der Waals surface area contributed by atoms with E-state index >= 15 is 0 Å². The van der Waals surface area contributed by atoms with Crippen LogP contribution in [0.25, 0.3) is 0 Å². The first kappa shape index (κ1) is 14.9. The molecule has 6 nitrogen and oxygen atoms in total. The van der Waals surface area contributed by atoms with Crippen LogP contribution in [0.15, 0.2) is 29.6 Å². The van der Waals surface area contributed by atoms with Gasteiger partial charge in [-0.25, -0.2) is 9.18 Å². The van der Waals surface area contributed by atoms with Crippen LogP contribution >= 0.6 is 11.3 Å². The molecule has 2 rings (SSSR count). The number of carbonyl (C=O) groups is 1. The largest absolute Gasteiger partial charge is 0.477 e. The van der Waals surface area contributed by atoms with Crippen molar-refractivity contribution in [3.63, 3.8) is 0 Å². The van der Waals surface area contributed by atoms with Crippen molar-refractivity contribution in [1.29, 1.82) is 0 Å². The van der Waals surface area contributed by atoms with E-state index in [-0.39, 0.29) is 11.7 Å². The molecule has 1 aromatic carbocycles. The van der Waals surface area contributed by atoms with E-state index in [1.165, 1.54) is 11.3 Å². The van der Waals surface area contributed by atoms with Gasteiger partial charge in [-0.05, 0) is 24.4 Å². The number of thiophene rings is 1. The van der Waals surface area contributed by atoms with Gasteiger partial charge in [-0.15, -0.1) is 11.3 Å². The molecule has 0 bridgehead atoms. The standard InChI is InChI=1S/C13H11FN2O4S/c1-7(12-3-2-4-21-12)15-10-5-8(13(17)18)11(16(19)20)6-9(10)14/h2-7,15H,1H3,(H,17,18). The third-order valence-corrected chi connectivity index (χ3v) is 3.91. The van der Waals surface area contributed by atoms with Crippen molar-refractivity contribution >= 4 is 28.7 Å². The Kier molecular flexibility index (Phi) is 4.18. The summed E-state index contributed by atoms with van der Waals surface area (Å²) in [5.74, 6) is -2.34. The number of aromatic carboxylic acids is 1. The number of carboxylic acids is 1. The van der Waals surface area contributed by atoms with Gasteiger partial charge >= 0.3 is 5.97 Å². The first-order valence-electron chi connectivity index (χ1n) is 5.91. The van der Waals surface area contributed by atoms with Crippen LogP contribution in [-0.2, 0) is 0 Å². The Bertz CT molecular complexity index is 688. The number of anilines is 1. The summed E-state index contributed by atoms with van der Waals surface area (Å²) < 4.78 is 13.9. The molecule has 8 heteroatoms. The molecule has 0 saturated heterocycles. The van der Waals surface area contributed by atoms with E-state index in [0.717, 1.165) is 10.9 Å². The van der Waals surface area contributed by atoms with Crippen molar-refractivity contribution in [2.24, 2.45) is 0 Å². The molecule has 0 spiro atoms. The van der Waals surface area contributed by atoms with Gasteiger partial charge in [0.25, 0.3) is 5.69 Å². The normalized spacial score (nSPS) is 11.9. The minimum absolute atomic E-state index is 0.0844. The van der Waals surface area contributed by atoms with E-state index in [2.05, 4.69) is 5.32 Å². The number of rotatable bonds is 5. The number of nitro benzene ring substituents is 1. The summed E-state index contributed by atoms with van der Waals surface area (Å²) in [4.78, 5) is 21.8. The van der Waals surface area contributed by atoms with Gasteiger partial charge in [-0.3, -0.25) is 10.1 Å². The predicted molar refractivity (Wildman–Crippen MR) is 76.4 cm³/mol. The summed E-state index contributed by atoms with van der Waals surface area (Å²) in [7, 11) is 0. The van der Waals surface area contributed by atoms with E-state index in [4.69, 9.17) is 5.11 Å². The van der Waals surface area contributed by atoms with Crippen molar-refractivity contribution in [1.82, 2.24) is 0 Å². The van der Waals surface area contributed by atoms with Gasteiger partial charge in [0.1, 0.15) is 5.56 Å². The molecule has 1 heterocycles. The first-order chi connectivity index (χ1) is 9.90. The van der Waals surface area contributed by atoms with Gasteiger partial charge in [0.2, 0.25) is 0 Å². The fraction of sp³-hybridized carbons (Fsp3) is 0.154. The fourth-order valence-electron chi connectivity index (χ4n) is 1.84. The van der Waals surface area contributed by atoms with Gasteiger partial charge in [0.15, 0.2) is 5.82 Å². The zero-order valence-corrected chi connectivity index (χ0v) is 11.7. The van der Waals surface area contributed by atoms with Gasteiger partial charge in [-0.1, -0.05) is 6.07 Å². The van der Waals surface area contributed by atoms with Gasteiger partial charge in [-0.2, -0.15) is 0 Å². The van der Waals surface area contributed by atoms with E-state index in [0.29, 0.717) is 6.07 Å². The summed E-state index contributed by atoms with van der Waals surface area (Å²) in [6, 6.07) is 5.01. The highest BCUT2D eigenvalue weighted by Crippen LogP contribution is 2.29. The van der Waals surface area contributed by atoms with Crippen molar-refractivity contribution in [3.8, 4) is 0 Å². The van der Waals surface area contributed by atoms with Crippen LogP contribution in [0.4, 0.5) is 15.8 Å². The molecule has 0 saturated carbocycles. The number of nitro groups is 1. The Labute approximate surface area is 123 Å². The maximum atomic E-state index is 13.9. The maximum Gasteiger partial charge on any atom is 0.342 e. The van der Waals surface area contributed by atoms with Crippen molar-refractivity contribution in [2.75, 3.05) is 5.32 Å². The summed E-state index contributed by atoms with van der Waals surface area (Å²) >= 11 is 1.47. The second-order valence-electron chi connectivity index (χ2n) is 4.29. The zero-order chi connectivity index (χ0) is 15.6. The lowest BCUT2D eigenvalue weighted by Gasteiger charge is -2.15. The topological polar surface area (TPSA) is 92.5 Å². The van der Waals surface area contributed by atoms with Gasteiger partial charge in [0.05, 0.1) is 22.7 Å². The number of halogens is 1. The number of nitrogens with zero attached hydrogens (tertiary/aromatic N) is 1. The van der Waals surface area contributed by atoms with Crippen LogP contribution in [0.1, 0.15) is 28.2 Å². The lowest BCUT2D eigenvalue weighted by atomic mass is 10.1. The number of hydrogen-bond donors (Lipinski definition) is 2. The van der Waals surface area contributed by atoms with Crippen molar-refractivity contribution in [3.05, 3.63) is 56.0 Å². The maximum absolute atomic E-state index is 13.9. The van der Waals surface area contributed by atoms with Gasteiger partial charge < -0.3 is 10.4 Å². The zero-order valence-electron chi connectivity index (χ0n) is 10.9.